The monoisotopic (exact) mass is 279 g/mol. The number of hydrogen-bond donors (Lipinski definition) is 2. The zero-order valence-electron chi connectivity index (χ0n) is 8.98. The van der Waals surface area contributed by atoms with Crippen LogP contribution in [0.1, 0.15) is 5.56 Å². The molecule has 0 fully saturated rings. The number of hydrogen-bond acceptors (Lipinski definition) is 5. The quantitative estimate of drug-likeness (QED) is 0.835. The van der Waals surface area contributed by atoms with Gasteiger partial charge >= 0.3 is 0 Å². The fourth-order valence-corrected chi connectivity index (χ4v) is 1.98. The summed E-state index contributed by atoms with van der Waals surface area (Å²) in [5.74, 6) is -0.00136. The van der Waals surface area contributed by atoms with Crippen LogP contribution in [0, 0.1) is 11.3 Å². The smallest absolute Gasteiger partial charge is 0.222 e. The summed E-state index contributed by atoms with van der Waals surface area (Å²) in [5, 5.41) is 9.92. The van der Waals surface area contributed by atoms with Gasteiger partial charge in [0, 0.05) is 10.6 Å². The lowest BCUT2D eigenvalue weighted by Gasteiger charge is -2.08. The van der Waals surface area contributed by atoms with Crippen molar-refractivity contribution in [2.45, 2.75) is 0 Å². The summed E-state index contributed by atoms with van der Waals surface area (Å²) in [7, 11) is 0. The molecule has 90 valence electrons. The lowest BCUT2D eigenvalue weighted by atomic mass is 10.1. The van der Waals surface area contributed by atoms with Crippen LogP contribution in [0.15, 0.2) is 18.2 Å². The van der Waals surface area contributed by atoms with Crippen LogP contribution in [0.3, 0.4) is 0 Å². The molecule has 2 rings (SSSR count). The van der Waals surface area contributed by atoms with Crippen molar-refractivity contribution in [1.82, 2.24) is 9.97 Å². The summed E-state index contributed by atoms with van der Waals surface area (Å²) in [4.78, 5) is 7.73. The number of anilines is 2. The first kappa shape index (κ1) is 12.4. The number of benzene rings is 1. The molecule has 7 heteroatoms. The van der Waals surface area contributed by atoms with E-state index in [2.05, 4.69) is 9.97 Å². The number of nitrogens with two attached hydrogens (primary N) is 2. The van der Waals surface area contributed by atoms with Crippen molar-refractivity contribution in [2.24, 2.45) is 0 Å². The van der Waals surface area contributed by atoms with Crippen molar-refractivity contribution in [3.05, 3.63) is 33.8 Å². The van der Waals surface area contributed by atoms with Gasteiger partial charge in [-0.15, -0.1) is 0 Å². The highest BCUT2D eigenvalue weighted by Gasteiger charge is 2.15. The third-order valence-corrected chi connectivity index (χ3v) is 2.80. The molecular weight excluding hydrogens is 273 g/mol. The predicted octanol–water partition coefficient (Wildman–Crippen LogP) is 2.49. The summed E-state index contributed by atoms with van der Waals surface area (Å²) < 4.78 is 0. The molecular formula is C11H7Cl2N5. The van der Waals surface area contributed by atoms with Crippen LogP contribution in [0.25, 0.3) is 11.3 Å². The van der Waals surface area contributed by atoms with E-state index >= 15 is 0 Å². The van der Waals surface area contributed by atoms with Crippen LogP contribution in [0.2, 0.25) is 10.0 Å². The Labute approximate surface area is 113 Å². The van der Waals surface area contributed by atoms with Gasteiger partial charge in [-0.2, -0.15) is 10.2 Å². The van der Waals surface area contributed by atoms with Crippen molar-refractivity contribution in [3.8, 4) is 17.3 Å². The minimum Gasteiger partial charge on any atom is -0.382 e. The van der Waals surface area contributed by atoms with Crippen LogP contribution in [0.4, 0.5) is 11.8 Å². The molecule has 0 saturated carbocycles. The third-order valence-electron chi connectivity index (χ3n) is 2.25. The molecule has 0 bridgehead atoms. The maximum absolute atomic E-state index is 9.08. The molecule has 0 amide bonds. The number of aromatic nitrogens is 2. The minimum absolute atomic E-state index is 0.0195. The molecule has 4 N–H and O–H groups in total. The van der Waals surface area contributed by atoms with Crippen molar-refractivity contribution >= 4 is 35.0 Å². The summed E-state index contributed by atoms with van der Waals surface area (Å²) in [5.41, 5.74) is 12.1. The molecule has 0 aliphatic rings. The van der Waals surface area contributed by atoms with E-state index in [0.29, 0.717) is 21.3 Å². The molecule has 18 heavy (non-hydrogen) atoms. The number of nitriles is 1. The zero-order chi connectivity index (χ0) is 13.3. The molecule has 1 heterocycles. The maximum Gasteiger partial charge on any atom is 0.222 e. The standard InChI is InChI=1S/C11H7Cl2N5/c12-5-1-2-6(8(13)3-5)9-7(4-14)10(15)18-11(16)17-9/h1-3H,(H4,15,16,17,18). The van der Waals surface area contributed by atoms with Crippen LogP contribution >= 0.6 is 23.2 Å². The van der Waals surface area contributed by atoms with Gasteiger partial charge in [0.25, 0.3) is 0 Å². The second-order valence-electron chi connectivity index (χ2n) is 3.43. The van der Waals surface area contributed by atoms with Crippen molar-refractivity contribution in [1.29, 1.82) is 5.26 Å². The molecule has 0 spiro atoms. The lowest BCUT2D eigenvalue weighted by molar-refractivity contribution is 1.18. The Kier molecular flexibility index (Phi) is 3.24. The molecule has 5 nitrogen and oxygen atoms in total. The summed E-state index contributed by atoms with van der Waals surface area (Å²) in [6.07, 6.45) is 0. The Morgan fingerprint density at radius 3 is 2.50 bits per heavy atom. The Bertz CT molecular complexity index is 663. The molecule has 0 unspecified atom stereocenters. The van der Waals surface area contributed by atoms with E-state index in [0.717, 1.165) is 0 Å². The molecule has 2 aromatic rings. The maximum atomic E-state index is 9.08. The topological polar surface area (TPSA) is 102 Å². The normalized spacial score (nSPS) is 10.1. The molecule has 1 aromatic carbocycles. The zero-order valence-corrected chi connectivity index (χ0v) is 10.5. The minimum atomic E-state index is -0.0208. The van der Waals surface area contributed by atoms with Crippen molar-refractivity contribution in [3.63, 3.8) is 0 Å². The van der Waals surface area contributed by atoms with Gasteiger partial charge in [-0.05, 0) is 18.2 Å². The van der Waals surface area contributed by atoms with E-state index in [9.17, 15) is 0 Å². The highest BCUT2D eigenvalue weighted by atomic mass is 35.5. The average molecular weight is 280 g/mol. The van der Waals surface area contributed by atoms with E-state index in [1.165, 1.54) is 0 Å². The van der Waals surface area contributed by atoms with E-state index < -0.39 is 0 Å². The fraction of sp³-hybridized carbons (Fsp3) is 0. The summed E-state index contributed by atoms with van der Waals surface area (Å²) in [6, 6.07) is 6.77. The summed E-state index contributed by atoms with van der Waals surface area (Å²) in [6.45, 7) is 0. The third kappa shape index (κ3) is 2.16. The van der Waals surface area contributed by atoms with E-state index in [1.54, 1.807) is 18.2 Å². The van der Waals surface area contributed by atoms with Crippen LogP contribution in [-0.2, 0) is 0 Å². The Balaban J connectivity index is 2.75. The molecule has 0 radical (unpaired) electrons. The molecule has 1 aromatic heterocycles. The Hall–Kier alpha value is -2.03. The van der Waals surface area contributed by atoms with Gasteiger partial charge in [0.15, 0.2) is 0 Å². The number of nitrogens with zero attached hydrogens (tertiary/aromatic N) is 3. The van der Waals surface area contributed by atoms with Gasteiger partial charge in [-0.25, -0.2) is 4.98 Å². The van der Waals surface area contributed by atoms with E-state index in [4.69, 9.17) is 39.9 Å². The number of rotatable bonds is 1. The van der Waals surface area contributed by atoms with Gasteiger partial charge < -0.3 is 11.5 Å². The average Bonchev–Trinajstić information content (AvgIpc) is 2.28. The summed E-state index contributed by atoms with van der Waals surface area (Å²) >= 11 is 11.9. The van der Waals surface area contributed by atoms with Gasteiger partial charge in [0.2, 0.25) is 5.95 Å². The molecule has 0 atom stereocenters. The Morgan fingerprint density at radius 2 is 1.89 bits per heavy atom. The van der Waals surface area contributed by atoms with Crippen LogP contribution in [-0.4, -0.2) is 9.97 Å². The first-order valence-corrected chi connectivity index (χ1v) is 5.57. The lowest BCUT2D eigenvalue weighted by Crippen LogP contribution is -2.05. The molecule has 0 aliphatic heterocycles. The van der Waals surface area contributed by atoms with Gasteiger partial charge in [-0.1, -0.05) is 23.2 Å². The number of halogens is 2. The largest absolute Gasteiger partial charge is 0.382 e. The molecule has 0 saturated heterocycles. The van der Waals surface area contributed by atoms with Gasteiger partial charge in [-0.3, -0.25) is 0 Å². The highest BCUT2D eigenvalue weighted by Crippen LogP contribution is 2.32. The SMILES string of the molecule is N#Cc1c(N)nc(N)nc1-c1ccc(Cl)cc1Cl. The second-order valence-corrected chi connectivity index (χ2v) is 4.27. The predicted molar refractivity (Wildman–Crippen MR) is 71.0 cm³/mol. The Morgan fingerprint density at radius 1 is 1.17 bits per heavy atom. The molecule has 0 aliphatic carbocycles. The van der Waals surface area contributed by atoms with Gasteiger partial charge in [0.05, 0.1) is 10.7 Å². The van der Waals surface area contributed by atoms with E-state index in [1.807, 2.05) is 6.07 Å². The first-order chi connectivity index (χ1) is 8.52. The fourth-order valence-electron chi connectivity index (χ4n) is 1.48. The van der Waals surface area contributed by atoms with E-state index in [-0.39, 0.29) is 17.3 Å². The van der Waals surface area contributed by atoms with Crippen molar-refractivity contribution in [2.75, 3.05) is 11.5 Å². The second kappa shape index (κ2) is 4.69. The number of nitrogen functional groups attached to an aromatic ring is 2. The van der Waals surface area contributed by atoms with Crippen LogP contribution < -0.4 is 11.5 Å². The van der Waals surface area contributed by atoms with Crippen molar-refractivity contribution < 1.29 is 0 Å². The first-order valence-electron chi connectivity index (χ1n) is 4.81. The highest BCUT2D eigenvalue weighted by molar-refractivity contribution is 6.36. The van der Waals surface area contributed by atoms with Gasteiger partial charge in [0.1, 0.15) is 17.5 Å². The van der Waals surface area contributed by atoms with Crippen LogP contribution in [0.5, 0.6) is 0 Å².